The number of hydrogen-bond acceptors (Lipinski definition) is 4. The monoisotopic (exact) mass is 343 g/mol. The third-order valence-electron chi connectivity index (χ3n) is 2.99. The van der Waals surface area contributed by atoms with Gasteiger partial charge >= 0.3 is 11.9 Å². The summed E-state index contributed by atoms with van der Waals surface area (Å²) in [5.41, 5.74) is -0.801. The lowest BCUT2D eigenvalue weighted by Crippen LogP contribution is -2.29. The van der Waals surface area contributed by atoms with Gasteiger partial charge in [-0.2, -0.15) is 8.78 Å². The molecule has 4 nitrogen and oxygen atoms in total. The van der Waals surface area contributed by atoms with E-state index in [2.05, 4.69) is 9.72 Å². The highest BCUT2D eigenvalue weighted by atomic mass is 19.3. The summed E-state index contributed by atoms with van der Waals surface area (Å²) in [5.74, 6) is -7.26. The minimum Gasteiger partial charge on any atom is -0.489 e. The van der Waals surface area contributed by atoms with Crippen molar-refractivity contribution in [2.75, 3.05) is 6.61 Å². The Hall–Kier alpha value is -2.64. The Labute approximate surface area is 135 Å². The van der Waals surface area contributed by atoms with Crippen molar-refractivity contribution in [1.29, 1.82) is 0 Å². The van der Waals surface area contributed by atoms with Gasteiger partial charge in [-0.25, -0.2) is 13.6 Å². The molecule has 0 spiro atoms. The molecule has 0 bridgehead atoms. The van der Waals surface area contributed by atoms with E-state index in [4.69, 9.17) is 4.74 Å². The van der Waals surface area contributed by atoms with Crippen molar-refractivity contribution < 1.29 is 31.8 Å². The first kappa shape index (κ1) is 17.7. The van der Waals surface area contributed by atoms with Gasteiger partial charge in [0.2, 0.25) is 0 Å². The largest absolute Gasteiger partial charge is 0.489 e. The zero-order chi connectivity index (χ0) is 17.7. The first-order valence-electron chi connectivity index (χ1n) is 6.93. The van der Waals surface area contributed by atoms with Gasteiger partial charge in [0.25, 0.3) is 0 Å². The Balaban J connectivity index is 2.14. The number of halogens is 4. The summed E-state index contributed by atoms with van der Waals surface area (Å²) in [7, 11) is 0. The van der Waals surface area contributed by atoms with Gasteiger partial charge in [-0.05, 0) is 25.1 Å². The van der Waals surface area contributed by atoms with Crippen LogP contribution < -0.4 is 4.74 Å². The number of pyridine rings is 1. The highest BCUT2D eigenvalue weighted by Gasteiger charge is 2.44. The number of benzene rings is 1. The predicted octanol–water partition coefficient (Wildman–Crippen LogP) is 3.59. The van der Waals surface area contributed by atoms with E-state index < -0.39 is 29.2 Å². The van der Waals surface area contributed by atoms with Gasteiger partial charge in [0.1, 0.15) is 29.7 Å². The molecule has 0 amide bonds. The van der Waals surface area contributed by atoms with Crippen LogP contribution in [0.2, 0.25) is 0 Å². The first-order valence-corrected chi connectivity index (χ1v) is 6.93. The standard InChI is InChI=1S/C16H13F4NO3/c1-2-23-15(22)16(19,20)14-8-12(5-6-21-14)24-9-10-3-4-11(17)7-13(10)18/h3-8H,2,9H2,1H3. The average molecular weight is 343 g/mol. The fraction of sp³-hybridized carbons (Fsp3) is 0.250. The molecule has 128 valence electrons. The van der Waals surface area contributed by atoms with E-state index in [0.29, 0.717) is 6.07 Å². The van der Waals surface area contributed by atoms with Crippen LogP contribution in [0.15, 0.2) is 36.5 Å². The second kappa shape index (κ2) is 7.29. The fourth-order valence-corrected chi connectivity index (χ4v) is 1.80. The number of alkyl halides is 2. The maximum atomic E-state index is 13.9. The van der Waals surface area contributed by atoms with Crippen LogP contribution in [-0.2, 0) is 22.1 Å². The normalized spacial score (nSPS) is 11.2. The first-order chi connectivity index (χ1) is 11.3. The molecule has 0 aliphatic heterocycles. The van der Waals surface area contributed by atoms with E-state index in [-0.39, 0.29) is 24.5 Å². The fourth-order valence-electron chi connectivity index (χ4n) is 1.80. The highest BCUT2D eigenvalue weighted by Crippen LogP contribution is 2.30. The predicted molar refractivity (Wildman–Crippen MR) is 75.5 cm³/mol. The topological polar surface area (TPSA) is 48.4 Å². The highest BCUT2D eigenvalue weighted by molar-refractivity contribution is 5.78. The molecule has 8 heteroatoms. The number of carbonyl (C=O) groups excluding carboxylic acids is 1. The van der Waals surface area contributed by atoms with Gasteiger partial charge in [-0.1, -0.05) is 0 Å². The van der Waals surface area contributed by atoms with Crippen molar-refractivity contribution in [2.45, 2.75) is 19.5 Å². The molecule has 2 aromatic rings. The van der Waals surface area contributed by atoms with Crippen LogP contribution in [0.4, 0.5) is 17.6 Å². The van der Waals surface area contributed by atoms with Crippen LogP contribution >= 0.6 is 0 Å². The van der Waals surface area contributed by atoms with Gasteiger partial charge in [0.05, 0.1) is 6.61 Å². The van der Waals surface area contributed by atoms with Crippen molar-refractivity contribution in [1.82, 2.24) is 4.98 Å². The van der Waals surface area contributed by atoms with Crippen molar-refractivity contribution in [2.24, 2.45) is 0 Å². The van der Waals surface area contributed by atoms with Gasteiger partial charge in [-0.3, -0.25) is 4.98 Å². The van der Waals surface area contributed by atoms with Crippen molar-refractivity contribution in [3.63, 3.8) is 0 Å². The number of ether oxygens (including phenoxy) is 2. The molecule has 1 aromatic heterocycles. The lowest BCUT2D eigenvalue weighted by atomic mass is 10.2. The molecule has 1 aromatic carbocycles. The zero-order valence-corrected chi connectivity index (χ0v) is 12.6. The molecule has 0 saturated heterocycles. The van der Waals surface area contributed by atoms with Crippen LogP contribution in [0.3, 0.4) is 0 Å². The van der Waals surface area contributed by atoms with Crippen LogP contribution in [0, 0.1) is 11.6 Å². The summed E-state index contributed by atoms with van der Waals surface area (Å²) < 4.78 is 63.6. The molecular weight excluding hydrogens is 330 g/mol. The lowest BCUT2D eigenvalue weighted by Gasteiger charge is -2.15. The summed E-state index contributed by atoms with van der Waals surface area (Å²) >= 11 is 0. The minimum atomic E-state index is -3.93. The molecule has 0 aliphatic carbocycles. The van der Waals surface area contributed by atoms with Gasteiger partial charge in [-0.15, -0.1) is 0 Å². The Morgan fingerprint density at radius 1 is 1.21 bits per heavy atom. The van der Waals surface area contributed by atoms with E-state index in [1.54, 1.807) is 0 Å². The van der Waals surface area contributed by atoms with E-state index in [1.165, 1.54) is 19.1 Å². The maximum absolute atomic E-state index is 13.9. The van der Waals surface area contributed by atoms with Gasteiger partial charge in [0, 0.05) is 23.9 Å². The number of hydrogen-bond donors (Lipinski definition) is 0. The van der Waals surface area contributed by atoms with Gasteiger partial charge in [0.15, 0.2) is 0 Å². The zero-order valence-electron chi connectivity index (χ0n) is 12.6. The molecule has 0 N–H and O–H groups in total. The third-order valence-corrected chi connectivity index (χ3v) is 2.99. The number of nitrogens with zero attached hydrogens (tertiary/aromatic N) is 1. The van der Waals surface area contributed by atoms with Crippen LogP contribution in [0.1, 0.15) is 18.2 Å². The maximum Gasteiger partial charge on any atom is 0.384 e. The molecule has 2 rings (SSSR count). The van der Waals surface area contributed by atoms with Crippen LogP contribution in [-0.4, -0.2) is 17.6 Å². The van der Waals surface area contributed by atoms with E-state index in [9.17, 15) is 22.4 Å². The van der Waals surface area contributed by atoms with E-state index >= 15 is 0 Å². The Morgan fingerprint density at radius 2 is 1.96 bits per heavy atom. The van der Waals surface area contributed by atoms with Crippen molar-refractivity contribution in [3.8, 4) is 5.75 Å². The number of rotatable bonds is 6. The number of esters is 1. The molecule has 0 radical (unpaired) electrons. The average Bonchev–Trinajstić information content (AvgIpc) is 2.54. The van der Waals surface area contributed by atoms with E-state index in [1.807, 2.05) is 0 Å². The summed E-state index contributed by atoms with van der Waals surface area (Å²) in [4.78, 5) is 14.7. The SMILES string of the molecule is CCOC(=O)C(F)(F)c1cc(OCc2ccc(F)cc2F)ccn1. The molecule has 24 heavy (non-hydrogen) atoms. The van der Waals surface area contributed by atoms with Gasteiger partial charge < -0.3 is 9.47 Å². The van der Waals surface area contributed by atoms with Crippen LogP contribution in [0.25, 0.3) is 0 Å². The number of carbonyl (C=O) groups is 1. The Bertz CT molecular complexity index is 737. The second-order valence-electron chi connectivity index (χ2n) is 4.70. The third kappa shape index (κ3) is 4.01. The lowest BCUT2D eigenvalue weighted by molar-refractivity contribution is -0.173. The smallest absolute Gasteiger partial charge is 0.384 e. The van der Waals surface area contributed by atoms with E-state index in [0.717, 1.165) is 18.3 Å². The quantitative estimate of drug-likeness (QED) is 0.594. The summed E-state index contributed by atoms with van der Waals surface area (Å²) in [6, 6.07) is 5.05. The second-order valence-corrected chi connectivity index (χ2v) is 4.70. The summed E-state index contributed by atoms with van der Waals surface area (Å²) in [6.07, 6.45) is 1.03. The Kier molecular flexibility index (Phi) is 5.38. The molecular formula is C16H13F4NO3. The molecule has 0 unspecified atom stereocenters. The van der Waals surface area contributed by atoms with Crippen molar-refractivity contribution in [3.05, 3.63) is 59.4 Å². The minimum absolute atomic E-state index is 0.0481. The van der Waals surface area contributed by atoms with Crippen LogP contribution in [0.5, 0.6) is 5.75 Å². The molecule has 0 atom stereocenters. The summed E-state index contributed by atoms with van der Waals surface area (Å²) in [6.45, 7) is 0.896. The molecule has 0 fully saturated rings. The molecule has 0 aliphatic rings. The molecule has 1 heterocycles. The Morgan fingerprint density at radius 3 is 2.62 bits per heavy atom. The molecule has 0 saturated carbocycles. The van der Waals surface area contributed by atoms with Crippen molar-refractivity contribution >= 4 is 5.97 Å². The number of aromatic nitrogens is 1. The summed E-state index contributed by atoms with van der Waals surface area (Å²) in [5, 5.41) is 0.